The van der Waals surface area contributed by atoms with Crippen molar-refractivity contribution in [2.75, 3.05) is 9.80 Å². The first-order valence-electron chi connectivity index (χ1n) is 35.4. The number of hydrogen-bond donors (Lipinski definition) is 0. The fourth-order valence-corrected chi connectivity index (χ4v) is 10.8. The molecule has 2 aliphatic heterocycles. The minimum Gasteiger partial charge on any atom is -0.311 e. The Morgan fingerprint density at radius 1 is 0.360 bits per heavy atom. The molecule has 2 aromatic heterocycles. The molecule has 354 valence electrons. The van der Waals surface area contributed by atoms with Gasteiger partial charge in [-0.1, -0.05) is 190 Å². The second kappa shape index (κ2) is 16.6. The molecule has 5 heteroatoms. The van der Waals surface area contributed by atoms with Crippen LogP contribution >= 0.6 is 0 Å². The maximum atomic E-state index is 10.7. The lowest BCUT2D eigenvalue weighted by Crippen LogP contribution is -2.61. The topological polar surface area (TPSA) is 16.3 Å². The fraction of sp³-hybridized carbons (Fsp3) is 0.0571. The number of nitrogens with zero attached hydrogens (tertiary/aromatic N) is 4. The van der Waals surface area contributed by atoms with E-state index in [1.807, 2.05) is 106 Å². The summed E-state index contributed by atoms with van der Waals surface area (Å²) in [6.45, 7) is 4.04. The molecule has 0 unspecified atom stereocenters. The van der Waals surface area contributed by atoms with E-state index in [0.717, 1.165) is 31.4 Å². The van der Waals surface area contributed by atoms with Crippen molar-refractivity contribution in [3.8, 4) is 33.6 Å². The van der Waals surface area contributed by atoms with Crippen LogP contribution in [0.25, 0.3) is 77.2 Å². The van der Waals surface area contributed by atoms with Crippen LogP contribution < -0.4 is 26.2 Å². The predicted molar refractivity (Wildman–Crippen MR) is 319 cm³/mol. The molecule has 4 heterocycles. The van der Waals surface area contributed by atoms with Gasteiger partial charge in [-0.2, -0.15) is 0 Å². The molecule has 0 bridgehead atoms. The molecule has 0 amide bonds. The van der Waals surface area contributed by atoms with Crippen molar-refractivity contribution in [1.82, 2.24) is 9.13 Å². The number of para-hydroxylation sites is 4. The molecular weight excluding hydrogens is 908 g/mol. The summed E-state index contributed by atoms with van der Waals surface area (Å²) in [7, 11) is 0. The summed E-state index contributed by atoms with van der Waals surface area (Å²) >= 11 is 0. The van der Waals surface area contributed by atoms with Crippen molar-refractivity contribution in [2.24, 2.45) is 0 Å². The van der Waals surface area contributed by atoms with Crippen LogP contribution in [0.4, 0.5) is 34.1 Å². The Balaban J connectivity index is 1.15. The second-order valence-electron chi connectivity index (χ2n) is 19.6. The fourth-order valence-electron chi connectivity index (χ4n) is 10.8. The standard InChI is InChI=1S/C70H51BN4/c1-70(2,3)50-42-67-69-68(43-50)73(52-36-32-49(33-37-52)47-20-8-5-9-21-47)66-45-54(75-63-28-16-12-24-57(63)58-25-13-17-29-64(58)75)39-41-60(66)71(69)59-40-38-53(74-61-26-14-10-22-55(61)56-23-11-15-27-62(56)74)44-65(59)72(67)51-34-30-48(31-35-51)46-18-6-4-7-19-46/h4-45H,1-3H3/i10D,11D,12D,13D,14D,15D,16D,17D,22D,23D,24D,25D,26D,27D,28D,29D,38D,39D,40D,41D,42D,43D. The molecule has 15 rings (SSSR count). The highest BCUT2D eigenvalue weighted by molar-refractivity contribution is 7.00. The Bertz CT molecular complexity index is 5220. The zero-order valence-corrected chi connectivity index (χ0v) is 40.4. The molecule has 13 aromatic rings. The maximum Gasteiger partial charge on any atom is 0.252 e. The SMILES string of the molecule is [2H]c1c(-n2c3c([2H])c([2H])c([2H])c([2H])c3c3c([2H])c([2H])c([2H])c([2H])c32)cc2c(c1[2H])B1c3c(cc(-n4c5c([2H])c([2H])c([2H])c([2H])c5c5c([2H])c([2H])c([2H])c([2H])c54)c([2H])c3[2H])N(c3ccc(-c4ccccc4)cc3)c3c([2H])c(C(C)(C)C)c([2H])c(c31)N2c1ccc(-c2ccccc2)cc1. The van der Waals surface area contributed by atoms with Gasteiger partial charge in [-0.15, -0.1) is 0 Å². The normalized spacial score (nSPS) is 17.0. The molecule has 0 radical (unpaired) electrons. The number of benzene rings is 11. The van der Waals surface area contributed by atoms with Crippen molar-refractivity contribution in [3.05, 3.63) is 260 Å². The molecule has 0 saturated carbocycles. The molecule has 0 spiro atoms. The van der Waals surface area contributed by atoms with E-state index in [1.54, 1.807) is 34.1 Å². The average Bonchev–Trinajstić information content (AvgIpc) is 1.70. The summed E-state index contributed by atoms with van der Waals surface area (Å²) in [5.41, 5.74) is 1.77. The minimum absolute atomic E-state index is 0.0254. The van der Waals surface area contributed by atoms with E-state index in [9.17, 15) is 19.2 Å². The maximum absolute atomic E-state index is 10.7. The summed E-state index contributed by atoms with van der Waals surface area (Å²) in [5, 5.41) is -1.12. The lowest BCUT2D eigenvalue weighted by molar-refractivity contribution is 0.590. The van der Waals surface area contributed by atoms with E-state index >= 15 is 0 Å². The van der Waals surface area contributed by atoms with Crippen molar-refractivity contribution in [2.45, 2.75) is 26.2 Å². The zero-order valence-electron chi connectivity index (χ0n) is 62.4. The predicted octanol–water partition coefficient (Wildman–Crippen LogP) is 16.6. The van der Waals surface area contributed by atoms with Crippen LogP contribution in [-0.4, -0.2) is 15.8 Å². The van der Waals surface area contributed by atoms with Gasteiger partial charge in [0.25, 0.3) is 6.71 Å². The molecule has 0 atom stereocenters. The van der Waals surface area contributed by atoms with Crippen LogP contribution in [0.1, 0.15) is 56.5 Å². The van der Waals surface area contributed by atoms with Gasteiger partial charge >= 0.3 is 0 Å². The first-order chi connectivity index (χ1) is 46.0. The molecule has 2 aliphatic rings. The van der Waals surface area contributed by atoms with E-state index in [4.69, 9.17) is 11.0 Å². The van der Waals surface area contributed by atoms with Crippen molar-refractivity contribution in [3.63, 3.8) is 0 Å². The van der Waals surface area contributed by atoms with E-state index in [0.29, 0.717) is 11.4 Å². The highest BCUT2D eigenvalue weighted by Crippen LogP contribution is 2.48. The monoisotopic (exact) mass is 981 g/mol. The number of anilines is 6. The number of hydrogen-bond acceptors (Lipinski definition) is 2. The van der Waals surface area contributed by atoms with Crippen LogP contribution in [0, 0.1) is 0 Å². The number of aromatic nitrogens is 2. The first-order valence-corrected chi connectivity index (χ1v) is 24.4. The van der Waals surface area contributed by atoms with Gasteiger partial charge in [0.15, 0.2) is 0 Å². The Hall–Kier alpha value is -9.32. The second-order valence-corrected chi connectivity index (χ2v) is 19.6. The molecule has 4 nitrogen and oxygen atoms in total. The first kappa shape index (κ1) is 26.6. The minimum atomic E-state index is -1.49. The van der Waals surface area contributed by atoms with Gasteiger partial charge in [-0.25, -0.2) is 0 Å². The third-order valence-electron chi connectivity index (χ3n) is 14.3. The molecular formula is C70H51BN4. The largest absolute Gasteiger partial charge is 0.311 e. The van der Waals surface area contributed by atoms with Gasteiger partial charge in [0, 0.05) is 67.0 Å². The van der Waals surface area contributed by atoms with Gasteiger partial charge in [-0.3, -0.25) is 0 Å². The molecule has 75 heavy (non-hydrogen) atoms. The Morgan fingerprint density at radius 3 is 1.07 bits per heavy atom. The van der Waals surface area contributed by atoms with Crippen molar-refractivity contribution in [1.29, 1.82) is 0 Å². The Labute approximate surface area is 468 Å². The third-order valence-corrected chi connectivity index (χ3v) is 14.3. The van der Waals surface area contributed by atoms with Crippen LogP contribution in [-0.2, 0) is 5.41 Å². The van der Waals surface area contributed by atoms with Crippen LogP contribution in [0.5, 0.6) is 0 Å². The van der Waals surface area contributed by atoms with E-state index in [-0.39, 0.29) is 112 Å². The molecule has 0 aliphatic carbocycles. The van der Waals surface area contributed by atoms with Gasteiger partial charge < -0.3 is 18.9 Å². The summed E-state index contributed by atoms with van der Waals surface area (Å²) in [5.74, 6) is 0. The van der Waals surface area contributed by atoms with E-state index in [1.165, 1.54) is 12.1 Å². The molecule has 11 aromatic carbocycles. The van der Waals surface area contributed by atoms with Crippen LogP contribution in [0.2, 0.25) is 0 Å². The van der Waals surface area contributed by atoms with Crippen LogP contribution in [0.3, 0.4) is 0 Å². The van der Waals surface area contributed by atoms with Crippen molar-refractivity contribution < 1.29 is 30.2 Å². The van der Waals surface area contributed by atoms with Gasteiger partial charge in [0.1, 0.15) is 0 Å². The quantitative estimate of drug-likeness (QED) is 0.154. The average molecular weight is 981 g/mol. The highest BCUT2D eigenvalue weighted by Gasteiger charge is 2.44. The van der Waals surface area contributed by atoms with Gasteiger partial charge in [0.05, 0.1) is 52.2 Å². The summed E-state index contributed by atoms with van der Waals surface area (Å²) in [6.07, 6.45) is 0. The molecule has 0 saturated heterocycles. The van der Waals surface area contributed by atoms with Gasteiger partial charge in [0.2, 0.25) is 0 Å². The van der Waals surface area contributed by atoms with Crippen molar-refractivity contribution >= 4 is 101 Å². The Kier molecular flexibility index (Phi) is 5.89. The summed E-state index contributed by atoms with van der Waals surface area (Å²) in [4.78, 5) is 3.41. The van der Waals surface area contributed by atoms with E-state index < -0.39 is 133 Å². The third kappa shape index (κ3) is 6.71. The lowest BCUT2D eigenvalue weighted by Gasteiger charge is -2.45. The molecule has 0 N–H and O–H groups in total. The smallest absolute Gasteiger partial charge is 0.252 e. The zero-order chi connectivity index (χ0) is 69.1. The number of fused-ring (bicyclic) bond motifs is 10. The molecule has 0 fully saturated rings. The Morgan fingerprint density at radius 2 is 0.707 bits per heavy atom. The summed E-state index contributed by atoms with van der Waals surface area (Å²) < 4.78 is 212. The highest BCUT2D eigenvalue weighted by atomic mass is 15.2. The van der Waals surface area contributed by atoms with E-state index in [2.05, 4.69) is 0 Å². The van der Waals surface area contributed by atoms with Crippen LogP contribution in [0.15, 0.2) is 254 Å². The summed E-state index contributed by atoms with van der Waals surface area (Å²) in [6, 6.07) is 23.0. The number of rotatable bonds is 6. The lowest BCUT2D eigenvalue weighted by atomic mass is 9.33. The van der Waals surface area contributed by atoms with Gasteiger partial charge in [-0.05, 0) is 134 Å².